The molecule has 0 fully saturated rings. The molecule has 0 aliphatic rings. The second kappa shape index (κ2) is 7.19. The lowest BCUT2D eigenvalue weighted by Crippen LogP contribution is -2.16. The van der Waals surface area contributed by atoms with Crippen LogP contribution in [0, 0.1) is 19.8 Å². The average molecular weight is 266 g/mol. The summed E-state index contributed by atoms with van der Waals surface area (Å²) in [7, 11) is 0. The smallest absolute Gasteiger partial charge is 0.306 e. The molecule has 106 valence electrons. The van der Waals surface area contributed by atoms with Crippen LogP contribution in [0.3, 0.4) is 0 Å². The van der Waals surface area contributed by atoms with Crippen LogP contribution in [-0.2, 0) is 22.4 Å². The second-order valence-corrected chi connectivity index (χ2v) is 4.68. The Labute approximate surface area is 114 Å². The van der Waals surface area contributed by atoms with Gasteiger partial charge in [0.1, 0.15) is 5.82 Å². The molecule has 1 aromatic rings. The molecule has 0 amide bonds. The Morgan fingerprint density at radius 1 is 1.32 bits per heavy atom. The summed E-state index contributed by atoms with van der Waals surface area (Å²) in [6, 6.07) is 0. The first-order chi connectivity index (χ1) is 8.95. The zero-order chi connectivity index (χ0) is 14.4. The first-order valence-corrected chi connectivity index (χ1v) is 6.59. The highest BCUT2D eigenvalue weighted by atomic mass is 16.5. The topological polar surface area (TPSA) is 72.3 Å². The van der Waals surface area contributed by atoms with Gasteiger partial charge in [0.25, 0.3) is 0 Å². The van der Waals surface area contributed by atoms with Crippen LogP contribution in [-0.4, -0.2) is 34.3 Å². The third-order valence-electron chi connectivity index (χ3n) is 3.07. The zero-order valence-electron chi connectivity index (χ0n) is 12.1. The number of rotatable bonds is 7. The quantitative estimate of drug-likeness (QED) is 0.763. The molecule has 1 rings (SSSR count). The fourth-order valence-corrected chi connectivity index (χ4v) is 1.92. The summed E-state index contributed by atoms with van der Waals surface area (Å²) in [5.74, 6) is -0.454. The van der Waals surface area contributed by atoms with Crippen molar-refractivity contribution < 1.29 is 14.6 Å². The zero-order valence-corrected chi connectivity index (χ0v) is 12.1. The van der Waals surface area contributed by atoms with Gasteiger partial charge in [-0.25, -0.2) is 9.97 Å². The van der Waals surface area contributed by atoms with Crippen molar-refractivity contribution in [3.63, 3.8) is 0 Å². The molecule has 0 saturated heterocycles. The van der Waals surface area contributed by atoms with E-state index in [0.29, 0.717) is 26.1 Å². The predicted octanol–water partition coefficient (Wildman–Crippen LogP) is 1.94. The Bertz CT molecular complexity index is 423. The molecule has 5 nitrogen and oxygen atoms in total. The molecule has 0 aromatic carbocycles. The summed E-state index contributed by atoms with van der Waals surface area (Å²) in [4.78, 5) is 19.8. The lowest BCUT2D eigenvalue weighted by atomic mass is 9.99. The van der Waals surface area contributed by atoms with Gasteiger partial charge in [0.2, 0.25) is 0 Å². The van der Waals surface area contributed by atoms with E-state index in [2.05, 4.69) is 9.97 Å². The highest BCUT2D eigenvalue weighted by Crippen LogP contribution is 2.16. The van der Waals surface area contributed by atoms with Crippen LogP contribution in [0.4, 0.5) is 0 Å². The Kier molecular flexibility index (Phi) is 5.89. The first kappa shape index (κ1) is 15.6. The van der Waals surface area contributed by atoms with Crippen molar-refractivity contribution in [3.05, 3.63) is 22.8 Å². The molecule has 19 heavy (non-hydrogen) atoms. The number of ether oxygens (including phenoxy) is 1. The van der Waals surface area contributed by atoms with Crippen molar-refractivity contribution in [2.45, 2.75) is 40.5 Å². The molecule has 0 radical (unpaired) electrons. The van der Waals surface area contributed by atoms with Gasteiger partial charge < -0.3 is 9.84 Å². The molecule has 1 aromatic heterocycles. The van der Waals surface area contributed by atoms with E-state index in [1.807, 2.05) is 20.8 Å². The van der Waals surface area contributed by atoms with Crippen LogP contribution in [0.25, 0.3) is 0 Å². The molecule has 1 N–H and O–H groups in total. The van der Waals surface area contributed by atoms with E-state index in [-0.39, 0.29) is 0 Å². The number of nitrogens with zero attached hydrogens (tertiary/aromatic N) is 2. The molecule has 1 heterocycles. The van der Waals surface area contributed by atoms with Crippen LogP contribution in [0.1, 0.15) is 36.6 Å². The van der Waals surface area contributed by atoms with Gasteiger partial charge in [-0.15, -0.1) is 0 Å². The van der Waals surface area contributed by atoms with E-state index < -0.39 is 11.9 Å². The van der Waals surface area contributed by atoms with Gasteiger partial charge in [-0.1, -0.05) is 6.92 Å². The molecule has 0 bridgehead atoms. The Balaban J connectivity index is 2.82. The monoisotopic (exact) mass is 266 g/mol. The predicted molar refractivity (Wildman–Crippen MR) is 72.2 cm³/mol. The third kappa shape index (κ3) is 4.59. The molecule has 5 heteroatoms. The molecular weight excluding hydrogens is 244 g/mol. The molecule has 1 atom stereocenters. The van der Waals surface area contributed by atoms with E-state index in [1.165, 1.54) is 0 Å². The fraction of sp³-hybridized carbons (Fsp3) is 0.643. The Morgan fingerprint density at radius 2 is 1.89 bits per heavy atom. The molecular formula is C14H22N2O3. The highest BCUT2D eigenvalue weighted by molar-refractivity contribution is 5.70. The van der Waals surface area contributed by atoms with Crippen molar-refractivity contribution in [2.24, 2.45) is 5.92 Å². The van der Waals surface area contributed by atoms with Crippen LogP contribution in [0.15, 0.2) is 0 Å². The van der Waals surface area contributed by atoms with E-state index in [0.717, 1.165) is 22.8 Å². The molecule has 0 spiro atoms. The van der Waals surface area contributed by atoms with Crippen molar-refractivity contribution in [1.82, 2.24) is 9.97 Å². The Hall–Kier alpha value is -1.49. The van der Waals surface area contributed by atoms with Crippen molar-refractivity contribution in [1.29, 1.82) is 0 Å². The van der Waals surface area contributed by atoms with E-state index >= 15 is 0 Å². The van der Waals surface area contributed by atoms with Gasteiger partial charge >= 0.3 is 5.97 Å². The molecule has 0 aliphatic carbocycles. The average Bonchev–Trinajstić information content (AvgIpc) is 2.33. The van der Waals surface area contributed by atoms with Gasteiger partial charge in [-0.3, -0.25) is 4.79 Å². The number of carboxylic acids is 1. The summed E-state index contributed by atoms with van der Waals surface area (Å²) in [5, 5.41) is 8.97. The normalized spacial score (nSPS) is 12.4. The standard InChI is InChI=1S/C14H22N2O3/c1-5-19-7-6-13-15-10(3)12(11(4)16-13)8-9(2)14(17)18/h9H,5-8H2,1-4H3,(H,17,18). The minimum absolute atomic E-state index is 0.421. The van der Waals surface area contributed by atoms with Gasteiger partial charge in [0.05, 0.1) is 12.5 Å². The first-order valence-electron chi connectivity index (χ1n) is 6.59. The number of aliphatic carboxylic acids is 1. The van der Waals surface area contributed by atoms with E-state index in [9.17, 15) is 4.79 Å². The summed E-state index contributed by atoms with van der Waals surface area (Å²) < 4.78 is 5.29. The van der Waals surface area contributed by atoms with Gasteiger partial charge in [0, 0.05) is 24.4 Å². The van der Waals surface area contributed by atoms with Gasteiger partial charge in [0.15, 0.2) is 0 Å². The Morgan fingerprint density at radius 3 is 2.37 bits per heavy atom. The molecule has 0 saturated carbocycles. The van der Waals surface area contributed by atoms with Crippen LogP contribution >= 0.6 is 0 Å². The van der Waals surface area contributed by atoms with E-state index in [1.54, 1.807) is 6.92 Å². The number of carbonyl (C=O) groups is 1. The lowest BCUT2D eigenvalue weighted by molar-refractivity contribution is -0.141. The number of aromatic nitrogens is 2. The maximum atomic E-state index is 10.9. The van der Waals surface area contributed by atoms with Crippen molar-refractivity contribution in [3.8, 4) is 0 Å². The molecule has 1 unspecified atom stereocenters. The third-order valence-corrected chi connectivity index (χ3v) is 3.07. The number of hydrogen-bond acceptors (Lipinski definition) is 4. The van der Waals surface area contributed by atoms with Crippen LogP contribution in [0.5, 0.6) is 0 Å². The number of aryl methyl sites for hydroxylation is 2. The van der Waals surface area contributed by atoms with Crippen molar-refractivity contribution >= 4 is 5.97 Å². The maximum absolute atomic E-state index is 10.9. The van der Waals surface area contributed by atoms with Crippen molar-refractivity contribution in [2.75, 3.05) is 13.2 Å². The summed E-state index contributed by atoms with van der Waals surface area (Å²) >= 11 is 0. The number of hydrogen-bond donors (Lipinski definition) is 1. The van der Waals surface area contributed by atoms with Crippen LogP contribution < -0.4 is 0 Å². The fourth-order valence-electron chi connectivity index (χ4n) is 1.92. The highest BCUT2D eigenvalue weighted by Gasteiger charge is 2.16. The summed E-state index contributed by atoms with van der Waals surface area (Å²) in [5.41, 5.74) is 2.68. The number of carboxylic acid groups (broad SMARTS) is 1. The summed E-state index contributed by atoms with van der Waals surface area (Å²) in [6.07, 6.45) is 1.16. The minimum atomic E-state index is -0.792. The lowest BCUT2D eigenvalue weighted by Gasteiger charge is -2.13. The second-order valence-electron chi connectivity index (χ2n) is 4.68. The molecule has 0 aliphatic heterocycles. The SMILES string of the molecule is CCOCCc1nc(C)c(CC(C)C(=O)O)c(C)n1. The summed E-state index contributed by atoms with van der Waals surface area (Å²) in [6.45, 7) is 8.76. The maximum Gasteiger partial charge on any atom is 0.306 e. The minimum Gasteiger partial charge on any atom is -0.481 e. The van der Waals surface area contributed by atoms with Gasteiger partial charge in [-0.2, -0.15) is 0 Å². The van der Waals surface area contributed by atoms with Gasteiger partial charge in [-0.05, 0) is 32.8 Å². The van der Waals surface area contributed by atoms with Crippen LogP contribution in [0.2, 0.25) is 0 Å². The largest absolute Gasteiger partial charge is 0.481 e. The van der Waals surface area contributed by atoms with E-state index in [4.69, 9.17) is 9.84 Å².